The van der Waals surface area contributed by atoms with Gasteiger partial charge in [-0.3, -0.25) is 4.79 Å². The monoisotopic (exact) mass is 266 g/mol. The number of hydrogen-bond acceptors (Lipinski definition) is 1. The molecular weight excluding hydrogens is 252 g/mol. The zero-order valence-corrected chi connectivity index (χ0v) is 10.5. The van der Waals surface area contributed by atoms with Crippen LogP contribution in [0.3, 0.4) is 0 Å². The van der Waals surface area contributed by atoms with Crippen LogP contribution in [0.5, 0.6) is 0 Å². The van der Waals surface area contributed by atoms with Crippen molar-refractivity contribution in [2.24, 2.45) is 0 Å². The van der Waals surface area contributed by atoms with Crippen molar-refractivity contribution in [1.82, 2.24) is 0 Å². The maximum atomic E-state index is 11.8. The lowest BCUT2D eigenvalue weighted by Crippen LogP contribution is -2.00. The summed E-state index contributed by atoms with van der Waals surface area (Å²) in [6, 6.07) is 5.82. The summed E-state index contributed by atoms with van der Waals surface area (Å²) in [7, 11) is 0. The predicted molar refractivity (Wildman–Crippen MR) is 67.3 cm³/mol. The predicted octanol–water partition coefficient (Wildman–Crippen LogP) is 4.30. The van der Waals surface area contributed by atoms with E-state index < -0.39 is 0 Å². The molecule has 0 bridgehead atoms. The molecular formula is C13H15BrO. The molecule has 0 aliphatic rings. The Balaban J connectivity index is 2.69. The van der Waals surface area contributed by atoms with Crippen LogP contribution in [0.2, 0.25) is 0 Å². The number of allylic oxidation sites excluding steroid dienone is 1. The van der Waals surface area contributed by atoms with Gasteiger partial charge in [0.1, 0.15) is 0 Å². The molecule has 0 unspecified atom stereocenters. The van der Waals surface area contributed by atoms with E-state index in [1.807, 2.05) is 31.2 Å². The zero-order valence-electron chi connectivity index (χ0n) is 8.92. The Labute approximate surface area is 99.3 Å². The summed E-state index contributed by atoms with van der Waals surface area (Å²) in [5.74, 6) is 0.198. The van der Waals surface area contributed by atoms with E-state index in [4.69, 9.17) is 0 Å². The number of hydrogen-bond donors (Lipinski definition) is 0. The quantitative estimate of drug-likeness (QED) is 0.441. The molecule has 0 aliphatic carbocycles. The average Bonchev–Trinajstić information content (AvgIpc) is 2.17. The van der Waals surface area contributed by atoms with Crippen LogP contribution in [-0.2, 0) is 0 Å². The fourth-order valence-corrected chi connectivity index (χ4v) is 2.10. The van der Waals surface area contributed by atoms with E-state index >= 15 is 0 Å². The van der Waals surface area contributed by atoms with E-state index in [0.717, 1.165) is 28.4 Å². The standard InChI is InChI=1S/C13H15BrO/c1-3-4-5-6-13(15)11-8-7-10(2)9-12(11)14/h3,7-9H,1,4-6H2,2H3. The Bertz CT molecular complexity index is 369. The average molecular weight is 267 g/mol. The summed E-state index contributed by atoms with van der Waals surface area (Å²) in [6.07, 6.45) is 4.21. The normalized spacial score (nSPS) is 10.0. The van der Waals surface area contributed by atoms with Crippen LogP contribution in [0.25, 0.3) is 0 Å². The van der Waals surface area contributed by atoms with Crippen LogP contribution in [0, 0.1) is 6.92 Å². The lowest BCUT2D eigenvalue weighted by molar-refractivity contribution is 0.0979. The molecule has 0 saturated heterocycles. The number of halogens is 1. The second kappa shape index (κ2) is 5.86. The number of ketones is 1. The molecule has 0 aliphatic heterocycles. The fraction of sp³-hybridized carbons (Fsp3) is 0.308. The van der Waals surface area contributed by atoms with Gasteiger partial charge in [0.15, 0.2) is 5.78 Å². The summed E-state index contributed by atoms with van der Waals surface area (Å²) in [4.78, 5) is 11.8. The first kappa shape index (κ1) is 12.2. The number of carbonyl (C=O) groups is 1. The lowest BCUT2D eigenvalue weighted by Gasteiger charge is -2.04. The SMILES string of the molecule is C=CCCCC(=O)c1ccc(C)cc1Br. The third-order valence-electron chi connectivity index (χ3n) is 2.24. The highest BCUT2D eigenvalue weighted by atomic mass is 79.9. The Morgan fingerprint density at radius 3 is 2.87 bits per heavy atom. The molecule has 0 amide bonds. The van der Waals surface area contributed by atoms with E-state index in [2.05, 4.69) is 22.5 Å². The summed E-state index contributed by atoms with van der Waals surface area (Å²) in [5, 5.41) is 0. The number of carbonyl (C=O) groups excluding carboxylic acids is 1. The van der Waals surface area contributed by atoms with Crippen molar-refractivity contribution in [3.05, 3.63) is 46.5 Å². The van der Waals surface area contributed by atoms with Gasteiger partial charge in [0, 0.05) is 16.5 Å². The van der Waals surface area contributed by atoms with Crippen molar-refractivity contribution in [1.29, 1.82) is 0 Å². The summed E-state index contributed by atoms with van der Waals surface area (Å²) in [5.41, 5.74) is 1.94. The second-order valence-corrected chi connectivity index (χ2v) is 4.44. The van der Waals surface area contributed by atoms with E-state index in [1.165, 1.54) is 0 Å². The van der Waals surface area contributed by atoms with Crippen molar-refractivity contribution < 1.29 is 4.79 Å². The Hall–Kier alpha value is -0.890. The molecule has 0 fully saturated rings. The van der Waals surface area contributed by atoms with Gasteiger partial charge >= 0.3 is 0 Å². The number of aryl methyl sites for hydroxylation is 1. The molecule has 0 aromatic heterocycles. The number of rotatable bonds is 5. The van der Waals surface area contributed by atoms with E-state index in [0.29, 0.717) is 6.42 Å². The highest BCUT2D eigenvalue weighted by molar-refractivity contribution is 9.10. The second-order valence-electron chi connectivity index (χ2n) is 3.59. The van der Waals surface area contributed by atoms with Crippen LogP contribution in [0.4, 0.5) is 0 Å². The van der Waals surface area contributed by atoms with Crippen LogP contribution in [-0.4, -0.2) is 5.78 Å². The molecule has 0 atom stereocenters. The maximum absolute atomic E-state index is 11.8. The third-order valence-corrected chi connectivity index (χ3v) is 2.89. The third kappa shape index (κ3) is 3.63. The van der Waals surface area contributed by atoms with Crippen LogP contribution < -0.4 is 0 Å². The molecule has 0 saturated carbocycles. The first-order valence-corrected chi connectivity index (χ1v) is 5.84. The molecule has 1 aromatic carbocycles. The van der Waals surface area contributed by atoms with Gasteiger partial charge in [-0.15, -0.1) is 6.58 Å². The van der Waals surface area contributed by atoms with E-state index in [-0.39, 0.29) is 5.78 Å². The molecule has 0 radical (unpaired) electrons. The van der Waals surface area contributed by atoms with Crippen molar-refractivity contribution in [3.63, 3.8) is 0 Å². The molecule has 1 aromatic rings. The van der Waals surface area contributed by atoms with Gasteiger partial charge in [0.2, 0.25) is 0 Å². The minimum Gasteiger partial charge on any atom is -0.294 e. The number of Topliss-reactive ketones (excluding diaryl/α,β-unsaturated/α-hetero) is 1. The molecule has 0 N–H and O–H groups in total. The van der Waals surface area contributed by atoms with Gasteiger partial charge < -0.3 is 0 Å². The summed E-state index contributed by atoms with van der Waals surface area (Å²) < 4.78 is 0.895. The van der Waals surface area contributed by atoms with Gasteiger partial charge in [-0.1, -0.05) is 34.1 Å². The minimum absolute atomic E-state index is 0.198. The van der Waals surface area contributed by atoms with E-state index in [9.17, 15) is 4.79 Å². The molecule has 0 heterocycles. The van der Waals surface area contributed by atoms with Gasteiger partial charge in [0.05, 0.1) is 0 Å². The fourth-order valence-electron chi connectivity index (χ4n) is 1.39. The summed E-state index contributed by atoms with van der Waals surface area (Å²) in [6.45, 7) is 5.65. The van der Waals surface area contributed by atoms with Crippen LogP contribution >= 0.6 is 15.9 Å². The minimum atomic E-state index is 0.198. The Morgan fingerprint density at radius 2 is 2.27 bits per heavy atom. The molecule has 1 rings (SSSR count). The van der Waals surface area contributed by atoms with Crippen molar-refractivity contribution in [2.75, 3.05) is 0 Å². The number of unbranched alkanes of at least 4 members (excludes halogenated alkanes) is 1. The lowest BCUT2D eigenvalue weighted by atomic mass is 10.0. The first-order chi connectivity index (χ1) is 7.15. The molecule has 80 valence electrons. The van der Waals surface area contributed by atoms with Gasteiger partial charge in [-0.25, -0.2) is 0 Å². The van der Waals surface area contributed by atoms with Crippen molar-refractivity contribution in [3.8, 4) is 0 Å². The van der Waals surface area contributed by atoms with Crippen LogP contribution in [0.1, 0.15) is 35.2 Å². The molecule has 2 heteroatoms. The largest absolute Gasteiger partial charge is 0.294 e. The Kier molecular flexibility index (Phi) is 4.76. The molecule has 15 heavy (non-hydrogen) atoms. The van der Waals surface area contributed by atoms with Gasteiger partial charge in [-0.05, 0) is 31.4 Å². The maximum Gasteiger partial charge on any atom is 0.164 e. The van der Waals surface area contributed by atoms with Gasteiger partial charge in [-0.2, -0.15) is 0 Å². The Morgan fingerprint density at radius 1 is 1.53 bits per heavy atom. The summed E-state index contributed by atoms with van der Waals surface area (Å²) >= 11 is 3.42. The van der Waals surface area contributed by atoms with Crippen molar-refractivity contribution in [2.45, 2.75) is 26.2 Å². The molecule has 1 nitrogen and oxygen atoms in total. The van der Waals surface area contributed by atoms with Gasteiger partial charge in [0.25, 0.3) is 0 Å². The smallest absolute Gasteiger partial charge is 0.164 e. The topological polar surface area (TPSA) is 17.1 Å². The highest BCUT2D eigenvalue weighted by Crippen LogP contribution is 2.20. The first-order valence-electron chi connectivity index (χ1n) is 5.05. The number of benzene rings is 1. The zero-order chi connectivity index (χ0) is 11.3. The van der Waals surface area contributed by atoms with Crippen molar-refractivity contribution >= 4 is 21.7 Å². The highest BCUT2D eigenvalue weighted by Gasteiger charge is 2.08. The molecule has 0 spiro atoms. The van der Waals surface area contributed by atoms with Crippen LogP contribution in [0.15, 0.2) is 35.3 Å². The van der Waals surface area contributed by atoms with E-state index in [1.54, 1.807) is 0 Å².